The number of H-pyrrole nitrogens is 1. The summed E-state index contributed by atoms with van der Waals surface area (Å²) in [4.78, 5) is 8.24. The topological polar surface area (TPSA) is 42.5 Å². The van der Waals surface area contributed by atoms with Crippen molar-refractivity contribution in [2.24, 2.45) is 0 Å². The quantitative estimate of drug-likeness (QED) is 0.899. The van der Waals surface area contributed by atoms with E-state index in [1.807, 2.05) is 0 Å². The smallest absolute Gasteiger partial charge is 0.0526 e. The Balaban J connectivity index is 1.87. The molecule has 1 aromatic carbocycles. The van der Waals surface area contributed by atoms with Crippen molar-refractivity contribution in [1.29, 1.82) is 0 Å². The van der Waals surface area contributed by atoms with Crippen molar-refractivity contribution in [2.75, 3.05) is 46.9 Å². The van der Waals surface area contributed by atoms with E-state index >= 15 is 0 Å². The molecule has 1 aliphatic heterocycles. The fourth-order valence-electron chi connectivity index (χ4n) is 3.30. The van der Waals surface area contributed by atoms with Gasteiger partial charge in [-0.05, 0) is 32.1 Å². The molecular formula is C17H25N3O. The third kappa shape index (κ3) is 2.98. The zero-order chi connectivity index (χ0) is 14.8. The highest BCUT2D eigenvalue weighted by Crippen LogP contribution is 2.31. The maximum absolute atomic E-state index is 9.83. The fourth-order valence-corrected chi connectivity index (χ4v) is 3.30. The molecule has 0 spiro atoms. The normalized spacial score (nSPS) is 19.9. The summed E-state index contributed by atoms with van der Waals surface area (Å²) in [5.74, 6) is 0.192. The van der Waals surface area contributed by atoms with E-state index < -0.39 is 0 Å². The Bertz CT molecular complexity index is 605. The lowest BCUT2D eigenvalue weighted by Crippen LogP contribution is -2.35. The van der Waals surface area contributed by atoms with E-state index in [9.17, 15) is 5.11 Å². The molecule has 1 unspecified atom stereocenters. The van der Waals surface area contributed by atoms with Gasteiger partial charge in [0.25, 0.3) is 0 Å². The Morgan fingerprint density at radius 2 is 2.14 bits per heavy atom. The molecule has 2 aromatic rings. The molecule has 0 amide bonds. The Kier molecular flexibility index (Phi) is 4.29. The number of nitrogens with one attached hydrogen (secondary N) is 1. The Hall–Kier alpha value is -1.36. The molecule has 4 nitrogen and oxygen atoms in total. The first-order valence-electron chi connectivity index (χ1n) is 7.76. The van der Waals surface area contributed by atoms with E-state index in [-0.39, 0.29) is 12.5 Å². The number of hydrogen-bond acceptors (Lipinski definition) is 3. The first-order valence-corrected chi connectivity index (χ1v) is 7.76. The number of aliphatic hydroxyl groups excluding tert-OH is 1. The molecule has 0 fully saturated rings. The minimum atomic E-state index is 0.192. The van der Waals surface area contributed by atoms with E-state index in [4.69, 9.17) is 0 Å². The minimum absolute atomic E-state index is 0.192. The SMILES string of the molecule is CN(C)CCN1CCc2c([nH]c3ccccc23)C(CO)C1. The van der Waals surface area contributed by atoms with Gasteiger partial charge in [0.05, 0.1) is 6.61 Å². The van der Waals surface area contributed by atoms with Gasteiger partial charge in [-0.25, -0.2) is 0 Å². The minimum Gasteiger partial charge on any atom is -0.396 e. The van der Waals surface area contributed by atoms with E-state index in [1.165, 1.54) is 22.2 Å². The number of aromatic amines is 1. The lowest BCUT2D eigenvalue weighted by atomic mass is 10.0. The van der Waals surface area contributed by atoms with Crippen molar-refractivity contribution in [2.45, 2.75) is 12.3 Å². The lowest BCUT2D eigenvalue weighted by Gasteiger charge is -2.25. The van der Waals surface area contributed by atoms with E-state index in [2.05, 4.69) is 53.1 Å². The summed E-state index contributed by atoms with van der Waals surface area (Å²) >= 11 is 0. The summed E-state index contributed by atoms with van der Waals surface area (Å²) in [6, 6.07) is 8.48. The molecule has 21 heavy (non-hydrogen) atoms. The predicted octanol–water partition coefficient (Wildman–Crippen LogP) is 1.66. The third-order valence-corrected chi connectivity index (χ3v) is 4.50. The molecule has 1 aliphatic rings. The molecule has 1 aromatic heterocycles. The number of benzene rings is 1. The zero-order valence-electron chi connectivity index (χ0n) is 13.0. The number of rotatable bonds is 4. The maximum Gasteiger partial charge on any atom is 0.0526 e. The van der Waals surface area contributed by atoms with Gasteiger partial charge in [-0.3, -0.25) is 0 Å². The molecule has 1 atom stereocenters. The molecule has 0 saturated heterocycles. The number of fused-ring (bicyclic) bond motifs is 3. The molecule has 4 heteroatoms. The van der Waals surface area contributed by atoms with Gasteiger partial charge in [0, 0.05) is 48.7 Å². The first-order chi connectivity index (χ1) is 10.2. The van der Waals surface area contributed by atoms with Gasteiger partial charge >= 0.3 is 0 Å². The lowest BCUT2D eigenvalue weighted by molar-refractivity contribution is 0.194. The van der Waals surface area contributed by atoms with Crippen LogP contribution in [0.5, 0.6) is 0 Å². The summed E-state index contributed by atoms with van der Waals surface area (Å²) in [6.07, 6.45) is 1.06. The first kappa shape index (κ1) is 14.6. The Morgan fingerprint density at radius 1 is 1.33 bits per heavy atom. The van der Waals surface area contributed by atoms with Gasteiger partial charge in [0.15, 0.2) is 0 Å². The largest absolute Gasteiger partial charge is 0.396 e. The van der Waals surface area contributed by atoms with Crippen molar-refractivity contribution < 1.29 is 5.11 Å². The van der Waals surface area contributed by atoms with Crippen LogP contribution in [0.25, 0.3) is 10.9 Å². The summed E-state index contributed by atoms with van der Waals surface area (Å²) < 4.78 is 0. The monoisotopic (exact) mass is 287 g/mol. The highest BCUT2D eigenvalue weighted by atomic mass is 16.3. The number of para-hydroxylation sites is 1. The number of likely N-dealkylation sites (N-methyl/N-ethyl adjacent to an activating group) is 1. The second kappa shape index (κ2) is 6.18. The molecule has 0 radical (unpaired) electrons. The molecule has 0 aliphatic carbocycles. The van der Waals surface area contributed by atoms with Crippen LogP contribution in [-0.4, -0.2) is 66.8 Å². The maximum atomic E-state index is 9.83. The average molecular weight is 287 g/mol. The van der Waals surface area contributed by atoms with Gasteiger partial charge < -0.3 is 19.9 Å². The van der Waals surface area contributed by atoms with E-state index in [0.29, 0.717) is 0 Å². The average Bonchev–Trinajstić information content (AvgIpc) is 2.75. The van der Waals surface area contributed by atoms with Crippen LogP contribution in [0.15, 0.2) is 24.3 Å². The highest BCUT2D eigenvalue weighted by molar-refractivity contribution is 5.85. The van der Waals surface area contributed by atoms with Crippen molar-refractivity contribution in [3.8, 4) is 0 Å². The molecule has 2 N–H and O–H groups in total. The predicted molar refractivity (Wildman–Crippen MR) is 86.8 cm³/mol. The summed E-state index contributed by atoms with van der Waals surface area (Å²) in [7, 11) is 4.22. The fraction of sp³-hybridized carbons (Fsp3) is 0.529. The van der Waals surface area contributed by atoms with Crippen molar-refractivity contribution in [3.05, 3.63) is 35.5 Å². The highest BCUT2D eigenvalue weighted by Gasteiger charge is 2.25. The molecule has 2 heterocycles. The van der Waals surface area contributed by atoms with Crippen LogP contribution in [0.4, 0.5) is 0 Å². The Labute approximate surface area is 126 Å². The Morgan fingerprint density at radius 3 is 2.90 bits per heavy atom. The van der Waals surface area contributed by atoms with Crippen LogP contribution in [0, 0.1) is 0 Å². The molecule has 114 valence electrons. The van der Waals surface area contributed by atoms with Crippen LogP contribution < -0.4 is 0 Å². The zero-order valence-corrected chi connectivity index (χ0v) is 13.0. The van der Waals surface area contributed by atoms with Gasteiger partial charge in [0.1, 0.15) is 0 Å². The summed E-state index contributed by atoms with van der Waals surface area (Å²) in [5, 5.41) is 11.1. The van der Waals surface area contributed by atoms with Crippen LogP contribution >= 0.6 is 0 Å². The van der Waals surface area contributed by atoms with Crippen molar-refractivity contribution in [3.63, 3.8) is 0 Å². The molecule has 0 saturated carbocycles. The van der Waals surface area contributed by atoms with E-state index in [1.54, 1.807) is 0 Å². The van der Waals surface area contributed by atoms with Crippen LogP contribution in [-0.2, 0) is 6.42 Å². The van der Waals surface area contributed by atoms with Crippen LogP contribution in [0.3, 0.4) is 0 Å². The number of hydrogen-bond donors (Lipinski definition) is 2. The van der Waals surface area contributed by atoms with Crippen LogP contribution in [0.1, 0.15) is 17.2 Å². The molecular weight excluding hydrogens is 262 g/mol. The molecule has 0 bridgehead atoms. The standard InChI is InChI=1S/C17H25N3O/c1-19(2)9-10-20-8-7-15-14-5-3-4-6-16(14)18-17(15)13(11-20)12-21/h3-6,13,18,21H,7-12H2,1-2H3. The van der Waals surface area contributed by atoms with Crippen molar-refractivity contribution >= 4 is 10.9 Å². The summed E-state index contributed by atoms with van der Waals surface area (Å²) in [5.41, 5.74) is 3.84. The van der Waals surface area contributed by atoms with Crippen molar-refractivity contribution in [1.82, 2.24) is 14.8 Å². The van der Waals surface area contributed by atoms with Gasteiger partial charge in [-0.2, -0.15) is 0 Å². The number of nitrogens with zero attached hydrogens (tertiary/aromatic N) is 2. The number of aliphatic hydroxyl groups is 1. The summed E-state index contributed by atoms with van der Waals surface area (Å²) in [6.45, 7) is 4.33. The molecule has 3 rings (SSSR count). The van der Waals surface area contributed by atoms with Gasteiger partial charge in [-0.1, -0.05) is 18.2 Å². The third-order valence-electron chi connectivity index (χ3n) is 4.50. The van der Waals surface area contributed by atoms with Crippen LogP contribution in [0.2, 0.25) is 0 Å². The second-order valence-electron chi connectivity index (χ2n) is 6.30. The van der Waals surface area contributed by atoms with E-state index in [0.717, 1.165) is 32.6 Å². The van der Waals surface area contributed by atoms with Gasteiger partial charge in [-0.15, -0.1) is 0 Å². The second-order valence-corrected chi connectivity index (χ2v) is 6.30. The number of aromatic nitrogens is 1. The van der Waals surface area contributed by atoms with Gasteiger partial charge in [0.2, 0.25) is 0 Å².